The van der Waals surface area contributed by atoms with Crippen LogP contribution in [0.4, 0.5) is 21.6 Å². The van der Waals surface area contributed by atoms with Crippen molar-refractivity contribution in [3.05, 3.63) is 48.5 Å². The molecule has 0 fully saturated rings. The van der Waals surface area contributed by atoms with E-state index in [0.29, 0.717) is 54.1 Å². The molecule has 2 amide bonds. The van der Waals surface area contributed by atoms with Crippen molar-refractivity contribution in [2.45, 2.75) is 20.3 Å². The molecule has 0 saturated carbocycles. The summed E-state index contributed by atoms with van der Waals surface area (Å²) >= 11 is 0. The first-order chi connectivity index (χ1) is 16.4. The molecule has 34 heavy (non-hydrogen) atoms. The number of ether oxygens (including phenoxy) is 2. The Labute approximate surface area is 197 Å². The number of aromatic nitrogens is 2. The lowest BCUT2D eigenvalue weighted by Crippen LogP contribution is -2.30. The summed E-state index contributed by atoms with van der Waals surface area (Å²) in [6, 6.07) is 9.69. The van der Waals surface area contributed by atoms with E-state index in [1.165, 1.54) is 12.4 Å². The molecule has 0 aliphatic heterocycles. The number of nitrogens with one attached hydrogen (secondary N) is 3. The Morgan fingerprint density at radius 2 is 1.76 bits per heavy atom. The quantitative estimate of drug-likeness (QED) is 0.290. The molecular weight excluding hydrogens is 441 g/mol. The lowest BCUT2D eigenvalue weighted by molar-refractivity contribution is -0.126. The van der Waals surface area contributed by atoms with Crippen molar-refractivity contribution in [2.75, 3.05) is 37.5 Å². The summed E-state index contributed by atoms with van der Waals surface area (Å²) in [5.41, 5.74) is 1.56. The molecule has 0 aliphatic carbocycles. The summed E-state index contributed by atoms with van der Waals surface area (Å²) in [6.07, 6.45) is 1.08. The predicted molar refractivity (Wildman–Crippen MR) is 128 cm³/mol. The van der Waals surface area contributed by atoms with Crippen molar-refractivity contribution in [2.24, 2.45) is 5.92 Å². The van der Waals surface area contributed by atoms with E-state index in [9.17, 15) is 14.0 Å². The zero-order valence-electron chi connectivity index (χ0n) is 19.4. The number of hydrogen-bond acceptors (Lipinski definition) is 7. The molecule has 9 nitrogen and oxygen atoms in total. The van der Waals surface area contributed by atoms with Gasteiger partial charge in [0, 0.05) is 37.2 Å². The maximum atomic E-state index is 14.8. The average molecular weight is 470 g/mol. The van der Waals surface area contributed by atoms with Crippen LogP contribution in [0, 0.1) is 11.7 Å². The van der Waals surface area contributed by atoms with Crippen LogP contribution in [-0.2, 0) is 14.3 Å². The molecule has 1 heterocycles. The molecular formula is C24H28FN5O4. The highest BCUT2D eigenvalue weighted by molar-refractivity contribution is 6.03. The van der Waals surface area contributed by atoms with Gasteiger partial charge < -0.3 is 25.4 Å². The Balaban J connectivity index is 1.65. The fraction of sp³-hybridized carbons (Fsp3) is 0.333. The third kappa shape index (κ3) is 7.11. The van der Waals surface area contributed by atoms with Crippen LogP contribution in [-0.4, -0.2) is 48.7 Å². The van der Waals surface area contributed by atoms with Crippen molar-refractivity contribution in [1.82, 2.24) is 15.3 Å². The molecule has 3 N–H and O–H groups in total. The van der Waals surface area contributed by atoms with Crippen LogP contribution in [0.25, 0.3) is 10.9 Å². The first kappa shape index (κ1) is 24.8. The number of fused-ring (bicyclic) bond motifs is 1. The molecule has 0 aliphatic rings. The topological polar surface area (TPSA) is 114 Å². The zero-order chi connectivity index (χ0) is 24.5. The van der Waals surface area contributed by atoms with Crippen molar-refractivity contribution >= 4 is 39.9 Å². The number of anilines is 3. The third-order valence-corrected chi connectivity index (χ3v) is 4.68. The minimum absolute atomic E-state index is 0.228. The van der Waals surface area contributed by atoms with Gasteiger partial charge in [-0.3, -0.25) is 9.59 Å². The summed E-state index contributed by atoms with van der Waals surface area (Å²) in [5, 5.41) is 8.68. The maximum Gasteiger partial charge on any atom is 0.233 e. The average Bonchev–Trinajstić information content (AvgIpc) is 2.79. The summed E-state index contributed by atoms with van der Waals surface area (Å²) < 4.78 is 25.2. The summed E-state index contributed by atoms with van der Waals surface area (Å²) in [6.45, 7) is 5.16. The number of methoxy groups -OCH3 is 1. The van der Waals surface area contributed by atoms with Gasteiger partial charge in [0.25, 0.3) is 0 Å². The van der Waals surface area contributed by atoms with Gasteiger partial charge in [0.1, 0.15) is 36.7 Å². The van der Waals surface area contributed by atoms with Crippen LogP contribution in [0.1, 0.15) is 20.3 Å². The molecule has 0 radical (unpaired) electrons. The van der Waals surface area contributed by atoms with Crippen LogP contribution in [0.5, 0.6) is 5.75 Å². The van der Waals surface area contributed by atoms with Gasteiger partial charge in [-0.05, 0) is 30.2 Å². The second kappa shape index (κ2) is 11.9. The van der Waals surface area contributed by atoms with Gasteiger partial charge in [0.05, 0.1) is 17.5 Å². The van der Waals surface area contributed by atoms with E-state index in [-0.39, 0.29) is 17.7 Å². The van der Waals surface area contributed by atoms with E-state index < -0.39 is 11.7 Å². The van der Waals surface area contributed by atoms with E-state index in [4.69, 9.17) is 9.47 Å². The van der Waals surface area contributed by atoms with Crippen LogP contribution < -0.4 is 20.7 Å². The molecule has 3 aromatic rings. The molecule has 0 saturated heterocycles. The standard InChI is InChI=1S/C24H28FN5O4/c1-15(2)13-26-21(31)12-22(32)29-16-4-6-17(7-5-16)30-24-23-19(25)10-18(34-9-8-33-3)11-20(23)27-14-28-24/h4-7,10-11,14-15H,8-9,12-13H2,1-3H3,(H,26,31)(H,29,32)(H,27,28,30). The Morgan fingerprint density at radius 3 is 2.47 bits per heavy atom. The van der Waals surface area contributed by atoms with Crippen molar-refractivity contribution in [3.8, 4) is 5.75 Å². The minimum atomic E-state index is -0.521. The van der Waals surface area contributed by atoms with Gasteiger partial charge in [0.15, 0.2) is 0 Å². The Morgan fingerprint density at radius 1 is 1.03 bits per heavy atom. The molecule has 1 aromatic heterocycles. The molecule has 2 aromatic carbocycles. The molecule has 0 atom stereocenters. The molecule has 0 bridgehead atoms. The summed E-state index contributed by atoms with van der Waals surface area (Å²) in [7, 11) is 1.56. The fourth-order valence-corrected chi connectivity index (χ4v) is 3.04. The van der Waals surface area contributed by atoms with E-state index in [2.05, 4.69) is 25.9 Å². The van der Waals surface area contributed by atoms with Crippen molar-refractivity contribution in [3.63, 3.8) is 0 Å². The van der Waals surface area contributed by atoms with Gasteiger partial charge in [-0.25, -0.2) is 14.4 Å². The lowest BCUT2D eigenvalue weighted by atomic mass is 10.2. The highest BCUT2D eigenvalue weighted by atomic mass is 19.1. The molecule has 0 spiro atoms. The number of halogens is 1. The van der Waals surface area contributed by atoms with Crippen molar-refractivity contribution in [1.29, 1.82) is 0 Å². The first-order valence-corrected chi connectivity index (χ1v) is 10.9. The number of hydrogen-bond donors (Lipinski definition) is 3. The first-order valence-electron chi connectivity index (χ1n) is 10.9. The second-order valence-corrected chi connectivity index (χ2v) is 7.99. The van der Waals surface area contributed by atoms with E-state index in [1.54, 1.807) is 37.4 Å². The van der Waals surface area contributed by atoms with Crippen LogP contribution in [0.15, 0.2) is 42.7 Å². The Kier molecular flexibility index (Phi) is 8.69. The van der Waals surface area contributed by atoms with Gasteiger partial charge >= 0.3 is 0 Å². The zero-order valence-corrected chi connectivity index (χ0v) is 19.4. The van der Waals surface area contributed by atoms with Crippen LogP contribution in [0.3, 0.4) is 0 Å². The highest BCUT2D eigenvalue weighted by Crippen LogP contribution is 2.29. The monoisotopic (exact) mass is 469 g/mol. The number of nitrogens with zero attached hydrogens (tertiary/aromatic N) is 2. The molecule has 10 heteroatoms. The van der Waals surface area contributed by atoms with E-state index in [0.717, 1.165) is 0 Å². The highest BCUT2D eigenvalue weighted by Gasteiger charge is 2.13. The number of carbonyl (C=O) groups is 2. The molecule has 180 valence electrons. The van der Waals surface area contributed by atoms with Crippen LogP contribution >= 0.6 is 0 Å². The third-order valence-electron chi connectivity index (χ3n) is 4.68. The Bertz CT molecular complexity index is 1140. The largest absolute Gasteiger partial charge is 0.491 e. The number of amides is 2. The van der Waals surface area contributed by atoms with Gasteiger partial charge in [0.2, 0.25) is 11.8 Å². The van der Waals surface area contributed by atoms with Crippen LogP contribution in [0.2, 0.25) is 0 Å². The van der Waals surface area contributed by atoms with E-state index in [1.807, 2.05) is 13.8 Å². The lowest BCUT2D eigenvalue weighted by Gasteiger charge is -2.12. The van der Waals surface area contributed by atoms with Gasteiger partial charge in [-0.2, -0.15) is 0 Å². The summed E-state index contributed by atoms with van der Waals surface area (Å²) in [4.78, 5) is 32.2. The normalized spacial score (nSPS) is 10.9. The molecule has 0 unspecified atom stereocenters. The summed E-state index contributed by atoms with van der Waals surface area (Å²) in [5.74, 6) is -0.297. The Hall–Kier alpha value is -3.79. The van der Waals surface area contributed by atoms with Gasteiger partial charge in [-0.1, -0.05) is 13.8 Å². The smallest absolute Gasteiger partial charge is 0.233 e. The van der Waals surface area contributed by atoms with E-state index >= 15 is 0 Å². The number of carbonyl (C=O) groups excluding carboxylic acids is 2. The second-order valence-electron chi connectivity index (χ2n) is 7.99. The SMILES string of the molecule is COCCOc1cc(F)c2c(Nc3ccc(NC(=O)CC(=O)NCC(C)C)cc3)ncnc2c1. The molecule has 3 rings (SSSR count). The fourth-order valence-electron chi connectivity index (χ4n) is 3.04. The number of rotatable bonds is 11. The van der Waals surface area contributed by atoms with Crippen molar-refractivity contribution < 1.29 is 23.5 Å². The number of benzene rings is 2. The predicted octanol–water partition coefficient (Wildman–Crippen LogP) is 3.64. The minimum Gasteiger partial charge on any atom is -0.491 e. The van der Waals surface area contributed by atoms with Gasteiger partial charge in [-0.15, -0.1) is 0 Å². The maximum absolute atomic E-state index is 14.8.